The van der Waals surface area contributed by atoms with E-state index < -0.39 is 0 Å². The predicted molar refractivity (Wildman–Crippen MR) is 123 cm³/mol. The Kier molecular flexibility index (Phi) is 7.08. The van der Waals surface area contributed by atoms with Crippen molar-refractivity contribution in [3.63, 3.8) is 0 Å². The molecule has 0 bridgehead atoms. The number of rotatable bonds is 8. The molecular weight excluding hydrogens is 399 g/mol. The van der Waals surface area contributed by atoms with Crippen LogP contribution in [0.1, 0.15) is 23.7 Å². The largest absolute Gasteiger partial charge is 0.348 e. The molecule has 0 aliphatic rings. The minimum absolute atomic E-state index is 0.203. The molecule has 0 fully saturated rings. The lowest BCUT2D eigenvalue weighted by atomic mass is 10.1. The summed E-state index contributed by atoms with van der Waals surface area (Å²) in [6.07, 6.45) is 6.97. The molecule has 0 aliphatic carbocycles. The van der Waals surface area contributed by atoms with E-state index in [0.29, 0.717) is 29.1 Å². The van der Waals surface area contributed by atoms with Gasteiger partial charge in [0.25, 0.3) is 5.91 Å². The first-order valence-corrected chi connectivity index (χ1v) is 10.6. The molecular formula is C23H23FN4OS. The van der Waals surface area contributed by atoms with Crippen molar-refractivity contribution >= 4 is 35.2 Å². The van der Waals surface area contributed by atoms with Gasteiger partial charge in [0, 0.05) is 29.6 Å². The Balaban J connectivity index is 1.77. The summed E-state index contributed by atoms with van der Waals surface area (Å²) in [7, 11) is 0. The highest BCUT2D eigenvalue weighted by Crippen LogP contribution is 2.24. The molecule has 30 heavy (non-hydrogen) atoms. The average molecular weight is 423 g/mol. The standard InChI is InChI=1S/C23H23FN4OS/c1-4-20(23(29)25-14-16-6-10-18(11-7-16)27-30-3)21-15-26-28(22(21)5-2)19-12-8-17(24)9-13-19/h4-13,15,27H,2,14H2,1,3H3,(H,25,29)/b20-4+. The Hall–Kier alpha value is -3.32. The summed E-state index contributed by atoms with van der Waals surface area (Å²) in [5.74, 6) is -0.525. The summed E-state index contributed by atoms with van der Waals surface area (Å²) in [5.41, 5.74) is 4.52. The van der Waals surface area contributed by atoms with E-state index in [-0.39, 0.29) is 11.7 Å². The van der Waals surface area contributed by atoms with Crippen molar-refractivity contribution in [2.45, 2.75) is 13.5 Å². The number of nitrogens with zero attached hydrogens (tertiary/aromatic N) is 2. The van der Waals surface area contributed by atoms with Crippen LogP contribution in [0.5, 0.6) is 0 Å². The lowest BCUT2D eigenvalue weighted by Gasteiger charge is -2.10. The van der Waals surface area contributed by atoms with Crippen molar-refractivity contribution in [1.82, 2.24) is 15.1 Å². The SMILES string of the molecule is C=Cc1c(/C(=C\C)C(=O)NCc2ccc(NSC)cc2)cnn1-c1ccc(F)cc1. The minimum atomic E-state index is -0.322. The fourth-order valence-electron chi connectivity index (χ4n) is 3.04. The lowest BCUT2D eigenvalue weighted by Crippen LogP contribution is -2.24. The van der Waals surface area contributed by atoms with Gasteiger partial charge in [-0.1, -0.05) is 36.7 Å². The van der Waals surface area contributed by atoms with Crippen molar-refractivity contribution in [1.29, 1.82) is 0 Å². The van der Waals surface area contributed by atoms with Gasteiger partial charge >= 0.3 is 0 Å². The van der Waals surface area contributed by atoms with Gasteiger partial charge in [-0.2, -0.15) is 5.10 Å². The van der Waals surface area contributed by atoms with E-state index >= 15 is 0 Å². The van der Waals surface area contributed by atoms with Gasteiger partial charge in [0.15, 0.2) is 0 Å². The minimum Gasteiger partial charge on any atom is -0.348 e. The zero-order valence-corrected chi connectivity index (χ0v) is 17.7. The number of hydrogen-bond donors (Lipinski definition) is 2. The molecule has 3 rings (SSSR count). The summed E-state index contributed by atoms with van der Waals surface area (Å²) in [4.78, 5) is 12.9. The fraction of sp³-hybridized carbons (Fsp3) is 0.130. The molecule has 2 aromatic carbocycles. The first kappa shape index (κ1) is 21.4. The number of amides is 1. The summed E-state index contributed by atoms with van der Waals surface area (Å²) in [6, 6.07) is 13.9. The van der Waals surface area contributed by atoms with E-state index in [9.17, 15) is 9.18 Å². The van der Waals surface area contributed by atoms with Gasteiger partial charge in [-0.05, 0) is 55.0 Å². The highest BCUT2D eigenvalue weighted by atomic mass is 32.2. The summed E-state index contributed by atoms with van der Waals surface area (Å²) >= 11 is 1.53. The van der Waals surface area contributed by atoms with Crippen molar-refractivity contribution in [2.75, 3.05) is 11.0 Å². The maximum Gasteiger partial charge on any atom is 0.251 e. The lowest BCUT2D eigenvalue weighted by molar-refractivity contribution is -0.115. The maximum absolute atomic E-state index is 13.2. The van der Waals surface area contributed by atoms with Crippen molar-refractivity contribution < 1.29 is 9.18 Å². The molecule has 0 saturated heterocycles. The first-order valence-electron chi connectivity index (χ1n) is 9.36. The van der Waals surface area contributed by atoms with Crippen LogP contribution in [0.3, 0.4) is 0 Å². The van der Waals surface area contributed by atoms with Crippen LogP contribution in [0.2, 0.25) is 0 Å². The van der Waals surface area contributed by atoms with Crippen LogP contribution in [-0.4, -0.2) is 21.9 Å². The number of allylic oxidation sites excluding steroid dienone is 1. The zero-order chi connectivity index (χ0) is 21.5. The Morgan fingerprint density at radius 3 is 2.50 bits per heavy atom. The normalized spacial score (nSPS) is 11.2. The Morgan fingerprint density at radius 2 is 1.90 bits per heavy atom. The van der Waals surface area contributed by atoms with Crippen molar-refractivity contribution in [2.24, 2.45) is 0 Å². The summed E-state index contributed by atoms with van der Waals surface area (Å²) in [6.45, 7) is 6.07. The third-order valence-electron chi connectivity index (χ3n) is 4.52. The molecule has 0 unspecified atom stereocenters. The molecule has 1 amide bonds. The van der Waals surface area contributed by atoms with E-state index in [0.717, 1.165) is 11.3 Å². The van der Waals surface area contributed by atoms with Gasteiger partial charge in [0.05, 0.1) is 17.6 Å². The molecule has 0 radical (unpaired) electrons. The molecule has 7 heteroatoms. The Morgan fingerprint density at radius 1 is 1.20 bits per heavy atom. The van der Waals surface area contributed by atoms with Gasteiger partial charge in [0.1, 0.15) is 5.82 Å². The van der Waals surface area contributed by atoms with Crippen LogP contribution < -0.4 is 10.0 Å². The molecule has 5 nitrogen and oxygen atoms in total. The molecule has 0 spiro atoms. The molecule has 1 heterocycles. The van der Waals surface area contributed by atoms with Crippen molar-refractivity contribution in [3.8, 4) is 5.69 Å². The van der Waals surface area contributed by atoms with Crippen molar-refractivity contribution in [3.05, 3.63) is 90.0 Å². The van der Waals surface area contributed by atoms with Crippen LogP contribution in [-0.2, 0) is 11.3 Å². The topological polar surface area (TPSA) is 59.0 Å². The Bertz CT molecular complexity index is 1060. The number of aromatic nitrogens is 2. The monoisotopic (exact) mass is 422 g/mol. The quantitative estimate of drug-likeness (QED) is 0.393. The highest BCUT2D eigenvalue weighted by molar-refractivity contribution is 7.99. The number of carbonyl (C=O) groups excluding carboxylic acids is 1. The van der Waals surface area contributed by atoms with Gasteiger partial charge < -0.3 is 10.0 Å². The van der Waals surface area contributed by atoms with E-state index in [2.05, 4.69) is 21.7 Å². The number of carbonyl (C=O) groups is 1. The number of nitrogens with one attached hydrogen (secondary N) is 2. The first-order chi connectivity index (χ1) is 14.6. The van der Waals surface area contributed by atoms with Crippen LogP contribution in [0.15, 0.2) is 67.4 Å². The number of anilines is 1. The molecule has 154 valence electrons. The van der Waals surface area contributed by atoms with E-state index in [1.165, 1.54) is 24.1 Å². The van der Waals surface area contributed by atoms with Gasteiger partial charge in [-0.25, -0.2) is 9.07 Å². The second kappa shape index (κ2) is 9.93. The molecule has 0 saturated carbocycles. The average Bonchev–Trinajstić information content (AvgIpc) is 3.18. The van der Waals surface area contributed by atoms with E-state index in [4.69, 9.17) is 0 Å². The van der Waals surface area contributed by atoms with Crippen LogP contribution in [0, 0.1) is 5.82 Å². The predicted octanol–water partition coefficient (Wildman–Crippen LogP) is 5.06. The van der Waals surface area contributed by atoms with Gasteiger partial charge in [0.2, 0.25) is 0 Å². The van der Waals surface area contributed by atoms with Gasteiger partial charge in [-0.15, -0.1) is 0 Å². The summed E-state index contributed by atoms with van der Waals surface area (Å²) in [5, 5.41) is 7.33. The number of halogens is 1. The molecule has 1 aromatic heterocycles. The third kappa shape index (κ3) is 4.80. The second-order valence-corrected chi connectivity index (χ2v) is 7.04. The molecule has 2 N–H and O–H groups in total. The number of hydrogen-bond acceptors (Lipinski definition) is 4. The highest BCUT2D eigenvalue weighted by Gasteiger charge is 2.18. The van der Waals surface area contributed by atoms with Crippen LogP contribution in [0.4, 0.5) is 10.1 Å². The van der Waals surface area contributed by atoms with Gasteiger partial charge in [-0.3, -0.25) is 4.79 Å². The smallest absolute Gasteiger partial charge is 0.251 e. The van der Waals surface area contributed by atoms with Crippen LogP contribution >= 0.6 is 11.9 Å². The maximum atomic E-state index is 13.2. The van der Waals surface area contributed by atoms with E-state index in [1.54, 1.807) is 42.1 Å². The molecule has 0 aliphatic heterocycles. The number of benzene rings is 2. The second-order valence-electron chi connectivity index (χ2n) is 6.42. The van der Waals surface area contributed by atoms with E-state index in [1.807, 2.05) is 30.5 Å². The third-order valence-corrected chi connectivity index (χ3v) is 4.96. The molecule has 3 aromatic rings. The van der Waals surface area contributed by atoms with Crippen LogP contribution in [0.25, 0.3) is 17.3 Å². The zero-order valence-electron chi connectivity index (χ0n) is 16.9. The fourth-order valence-corrected chi connectivity index (χ4v) is 3.42. The summed E-state index contributed by atoms with van der Waals surface area (Å²) < 4.78 is 18.0. The molecule has 0 atom stereocenters. The Labute approximate surface area is 179 Å².